The van der Waals surface area contributed by atoms with Crippen molar-refractivity contribution in [2.24, 2.45) is 18.7 Å². The molecule has 1 heterocycles. The van der Waals surface area contributed by atoms with E-state index in [-0.39, 0.29) is 6.04 Å². The van der Waals surface area contributed by atoms with E-state index in [1.165, 1.54) is 19.3 Å². The van der Waals surface area contributed by atoms with Crippen molar-refractivity contribution in [2.75, 3.05) is 0 Å². The number of aromatic nitrogens is 3. The van der Waals surface area contributed by atoms with E-state index >= 15 is 0 Å². The highest BCUT2D eigenvalue weighted by Gasteiger charge is 2.26. The molecule has 4 heteroatoms. The van der Waals surface area contributed by atoms with Gasteiger partial charge in [0, 0.05) is 25.4 Å². The molecule has 4 nitrogen and oxygen atoms in total. The maximum absolute atomic E-state index is 6.31. The van der Waals surface area contributed by atoms with Crippen LogP contribution in [0.15, 0.2) is 0 Å². The summed E-state index contributed by atoms with van der Waals surface area (Å²) in [7, 11) is 2.00. The fourth-order valence-electron chi connectivity index (χ4n) is 2.88. The fraction of sp³-hybridized carbons (Fsp3) is 0.857. The number of nitrogens with zero attached hydrogens (tertiary/aromatic N) is 3. The smallest absolute Gasteiger partial charge is 0.151 e. The van der Waals surface area contributed by atoms with Crippen LogP contribution < -0.4 is 5.73 Å². The molecule has 2 rings (SSSR count). The van der Waals surface area contributed by atoms with Gasteiger partial charge in [-0.25, -0.2) is 4.98 Å². The number of rotatable bonds is 3. The highest BCUT2D eigenvalue weighted by molar-refractivity contribution is 5.05. The standard InChI is InChI=1S/C14H26N4/c1-10(2)9-13-16-14(18(3)17-13)11-7-5-4-6-8-12(11)15/h10-12H,4-9,15H2,1-3H3. The predicted molar refractivity (Wildman–Crippen MR) is 73.3 cm³/mol. The molecule has 0 radical (unpaired) electrons. The summed E-state index contributed by atoms with van der Waals surface area (Å²) >= 11 is 0. The van der Waals surface area contributed by atoms with Crippen LogP contribution in [0.3, 0.4) is 0 Å². The zero-order chi connectivity index (χ0) is 13.1. The van der Waals surface area contributed by atoms with Crippen LogP contribution in [0.4, 0.5) is 0 Å². The van der Waals surface area contributed by atoms with Gasteiger partial charge in [0.05, 0.1) is 0 Å². The Morgan fingerprint density at radius 2 is 2.00 bits per heavy atom. The van der Waals surface area contributed by atoms with Crippen molar-refractivity contribution in [1.29, 1.82) is 0 Å². The van der Waals surface area contributed by atoms with Gasteiger partial charge >= 0.3 is 0 Å². The Hall–Kier alpha value is -0.900. The molecule has 18 heavy (non-hydrogen) atoms. The number of hydrogen-bond donors (Lipinski definition) is 1. The van der Waals surface area contributed by atoms with Crippen molar-refractivity contribution in [3.8, 4) is 0 Å². The van der Waals surface area contributed by atoms with Crippen LogP contribution in [0, 0.1) is 5.92 Å². The first kappa shape index (κ1) is 13.5. The lowest BCUT2D eigenvalue weighted by Gasteiger charge is -2.19. The second-order valence-corrected chi connectivity index (χ2v) is 6.02. The minimum Gasteiger partial charge on any atom is -0.327 e. The van der Waals surface area contributed by atoms with Gasteiger partial charge in [0.1, 0.15) is 5.82 Å². The Bertz CT molecular complexity index is 383. The van der Waals surface area contributed by atoms with Gasteiger partial charge in [-0.15, -0.1) is 0 Å². The van der Waals surface area contributed by atoms with E-state index in [1.807, 2.05) is 11.7 Å². The molecule has 0 bridgehead atoms. The molecule has 1 aliphatic rings. The number of nitrogens with two attached hydrogens (primary N) is 1. The highest BCUT2D eigenvalue weighted by Crippen LogP contribution is 2.29. The van der Waals surface area contributed by atoms with Crippen molar-refractivity contribution >= 4 is 0 Å². The van der Waals surface area contributed by atoms with Gasteiger partial charge in [-0.3, -0.25) is 4.68 Å². The maximum atomic E-state index is 6.31. The van der Waals surface area contributed by atoms with Crippen molar-refractivity contribution in [3.63, 3.8) is 0 Å². The van der Waals surface area contributed by atoms with Crippen LogP contribution in [-0.2, 0) is 13.5 Å². The normalized spacial score (nSPS) is 25.4. The summed E-state index contributed by atoms with van der Waals surface area (Å²) in [5, 5.41) is 4.54. The average molecular weight is 250 g/mol. The number of hydrogen-bond acceptors (Lipinski definition) is 3. The van der Waals surface area contributed by atoms with Crippen LogP contribution >= 0.6 is 0 Å². The van der Waals surface area contributed by atoms with Crippen molar-refractivity contribution in [1.82, 2.24) is 14.8 Å². The molecule has 1 aromatic rings. The molecular weight excluding hydrogens is 224 g/mol. The maximum Gasteiger partial charge on any atom is 0.151 e. The summed E-state index contributed by atoms with van der Waals surface area (Å²) in [5.74, 6) is 3.06. The van der Waals surface area contributed by atoms with Crippen LogP contribution in [0.5, 0.6) is 0 Å². The van der Waals surface area contributed by atoms with E-state index in [0.29, 0.717) is 11.8 Å². The van der Waals surface area contributed by atoms with Crippen LogP contribution in [0.2, 0.25) is 0 Å². The summed E-state index contributed by atoms with van der Waals surface area (Å²) < 4.78 is 1.95. The molecular formula is C14H26N4. The summed E-state index contributed by atoms with van der Waals surface area (Å²) in [5.41, 5.74) is 6.31. The van der Waals surface area contributed by atoms with Crippen LogP contribution in [-0.4, -0.2) is 20.8 Å². The molecule has 1 saturated carbocycles. The van der Waals surface area contributed by atoms with Gasteiger partial charge in [-0.2, -0.15) is 5.10 Å². The zero-order valence-corrected chi connectivity index (χ0v) is 11.9. The van der Waals surface area contributed by atoms with Gasteiger partial charge in [0.2, 0.25) is 0 Å². The SMILES string of the molecule is CC(C)Cc1nc(C2CCCCCC2N)n(C)n1. The van der Waals surface area contributed by atoms with Gasteiger partial charge in [0.15, 0.2) is 5.82 Å². The lowest BCUT2D eigenvalue weighted by Crippen LogP contribution is -2.29. The Kier molecular flexibility index (Phi) is 4.38. The number of aryl methyl sites for hydroxylation is 1. The van der Waals surface area contributed by atoms with E-state index in [9.17, 15) is 0 Å². The molecule has 2 atom stereocenters. The molecule has 1 aliphatic carbocycles. The van der Waals surface area contributed by atoms with Crippen LogP contribution in [0.1, 0.15) is 63.5 Å². The Balaban J connectivity index is 2.17. The monoisotopic (exact) mass is 250 g/mol. The molecule has 1 aromatic heterocycles. The van der Waals surface area contributed by atoms with E-state index in [2.05, 4.69) is 18.9 Å². The van der Waals surface area contributed by atoms with Crippen molar-refractivity contribution < 1.29 is 0 Å². The van der Waals surface area contributed by atoms with E-state index in [4.69, 9.17) is 10.7 Å². The Labute approximate surface area is 110 Å². The van der Waals surface area contributed by atoms with Gasteiger partial charge in [-0.05, 0) is 18.8 Å². The molecule has 0 amide bonds. The molecule has 0 saturated heterocycles. The van der Waals surface area contributed by atoms with Gasteiger partial charge < -0.3 is 5.73 Å². The van der Waals surface area contributed by atoms with Gasteiger partial charge in [-0.1, -0.05) is 33.1 Å². The first-order valence-electron chi connectivity index (χ1n) is 7.23. The van der Waals surface area contributed by atoms with E-state index in [0.717, 1.165) is 30.9 Å². The second kappa shape index (κ2) is 5.83. The van der Waals surface area contributed by atoms with Crippen LogP contribution in [0.25, 0.3) is 0 Å². The molecule has 0 aliphatic heterocycles. The predicted octanol–water partition coefficient (Wildman–Crippen LogP) is 2.39. The summed E-state index contributed by atoms with van der Waals surface area (Å²) in [6, 6.07) is 0.252. The van der Waals surface area contributed by atoms with Crippen molar-refractivity contribution in [2.45, 2.75) is 64.3 Å². The third-order valence-corrected chi connectivity index (χ3v) is 3.83. The zero-order valence-electron chi connectivity index (χ0n) is 11.9. The topological polar surface area (TPSA) is 56.7 Å². The third kappa shape index (κ3) is 3.10. The Morgan fingerprint density at radius 1 is 1.28 bits per heavy atom. The minimum atomic E-state index is 0.252. The molecule has 1 fully saturated rings. The first-order valence-corrected chi connectivity index (χ1v) is 7.23. The van der Waals surface area contributed by atoms with E-state index in [1.54, 1.807) is 0 Å². The third-order valence-electron chi connectivity index (χ3n) is 3.83. The molecule has 2 unspecified atom stereocenters. The largest absolute Gasteiger partial charge is 0.327 e. The first-order chi connectivity index (χ1) is 8.58. The molecule has 102 valence electrons. The molecule has 0 aromatic carbocycles. The fourth-order valence-corrected chi connectivity index (χ4v) is 2.88. The summed E-state index contributed by atoms with van der Waals surface area (Å²) in [6.07, 6.45) is 7.07. The summed E-state index contributed by atoms with van der Waals surface area (Å²) in [4.78, 5) is 4.74. The second-order valence-electron chi connectivity index (χ2n) is 6.02. The lowest BCUT2D eigenvalue weighted by atomic mass is 9.94. The minimum absolute atomic E-state index is 0.252. The van der Waals surface area contributed by atoms with Crippen molar-refractivity contribution in [3.05, 3.63) is 11.6 Å². The highest BCUT2D eigenvalue weighted by atomic mass is 15.3. The Morgan fingerprint density at radius 3 is 2.72 bits per heavy atom. The summed E-state index contributed by atoms with van der Waals surface area (Å²) in [6.45, 7) is 4.40. The lowest BCUT2D eigenvalue weighted by molar-refractivity contribution is 0.465. The quantitative estimate of drug-likeness (QED) is 0.838. The molecule has 2 N–H and O–H groups in total. The van der Waals surface area contributed by atoms with E-state index < -0.39 is 0 Å². The van der Waals surface area contributed by atoms with Gasteiger partial charge in [0.25, 0.3) is 0 Å². The molecule has 0 spiro atoms. The average Bonchev–Trinajstić information content (AvgIpc) is 2.50.